The van der Waals surface area contributed by atoms with Gasteiger partial charge in [-0.25, -0.2) is 4.98 Å². The van der Waals surface area contributed by atoms with Gasteiger partial charge in [0.05, 0.1) is 24.0 Å². The zero-order chi connectivity index (χ0) is 16.4. The van der Waals surface area contributed by atoms with Crippen LogP contribution in [0.1, 0.15) is 22.5 Å². The number of rotatable bonds is 4. The summed E-state index contributed by atoms with van der Waals surface area (Å²) in [4.78, 5) is 16.7. The number of hydrogen-bond donors (Lipinski definition) is 1. The molecule has 0 fully saturated rings. The van der Waals surface area contributed by atoms with Crippen molar-refractivity contribution in [1.82, 2.24) is 14.9 Å². The Labute approximate surface area is 136 Å². The molecule has 0 radical (unpaired) electrons. The lowest BCUT2D eigenvalue weighted by molar-refractivity contribution is -0.120. The summed E-state index contributed by atoms with van der Waals surface area (Å²) in [6.07, 6.45) is 0.394. The molecule has 2 aromatic carbocycles. The van der Waals surface area contributed by atoms with Crippen molar-refractivity contribution in [3.05, 3.63) is 65.0 Å². The maximum absolute atomic E-state index is 12.2. The molecule has 4 heteroatoms. The molecule has 0 bridgehead atoms. The maximum atomic E-state index is 12.2. The highest BCUT2D eigenvalue weighted by Crippen LogP contribution is 2.14. The number of imidazole rings is 1. The summed E-state index contributed by atoms with van der Waals surface area (Å²) in [6.45, 7) is 4.58. The smallest absolute Gasteiger partial charge is 0.224 e. The quantitative estimate of drug-likeness (QED) is 0.805. The van der Waals surface area contributed by atoms with Crippen molar-refractivity contribution >= 4 is 16.9 Å². The molecule has 3 rings (SSSR count). The first-order valence-corrected chi connectivity index (χ1v) is 7.78. The molecule has 0 unspecified atom stereocenters. The number of nitrogens with zero attached hydrogens (tertiary/aromatic N) is 2. The fourth-order valence-corrected chi connectivity index (χ4v) is 2.69. The molecular formula is C19H21N3O. The van der Waals surface area contributed by atoms with Gasteiger partial charge >= 0.3 is 0 Å². The first-order chi connectivity index (χ1) is 11.0. The average Bonchev–Trinajstić information content (AvgIpc) is 2.86. The average molecular weight is 307 g/mol. The summed E-state index contributed by atoms with van der Waals surface area (Å²) in [7, 11) is 1.97. The van der Waals surface area contributed by atoms with E-state index in [2.05, 4.69) is 36.3 Å². The number of para-hydroxylation sites is 2. The van der Waals surface area contributed by atoms with Crippen molar-refractivity contribution in [2.45, 2.75) is 26.8 Å². The molecule has 3 aromatic rings. The third kappa shape index (κ3) is 3.26. The number of benzene rings is 2. The minimum absolute atomic E-state index is 0.0142. The summed E-state index contributed by atoms with van der Waals surface area (Å²) < 4.78 is 2.02. The Morgan fingerprint density at radius 2 is 1.91 bits per heavy atom. The van der Waals surface area contributed by atoms with Gasteiger partial charge in [-0.2, -0.15) is 0 Å². The third-order valence-corrected chi connectivity index (χ3v) is 4.26. The molecule has 118 valence electrons. The van der Waals surface area contributed by atoms with E-state index in [0.29, 0.717) is 13.0 Å². The lowest BCUT2D eigenvalue weighted by atomic mass is 10.0. The minimum Gasteiger partial charge on any atom is -0.349 e. The van der Waals surface area contributed by atoms with Crippen LogP contribution >= 0.6 is 0 Å². The lowest BCUT2D eigenvalue weighted by Gasteiger charge is -2.07. The molecule has 1 heterocycles. The van der Waals surface area contributed by atoms with Crippen molar-refractivity contribution < 1.29 is 4.79 Å². The highest BCUT2D eigenvalue weighted by molar-refractivity contribution is 5.79. The second-order valence-electron chi connectivity index (χ2n) is 5.95. The van der Waals surface area contributed by atoms with Crippen molar-refractivity contribution in [2.24, 2.45) is 7.05 Å². The monoisotopic (exact) mass is 307 g/mol. The van der Waals surface area contributed by atoms with E-state index in [0.717, 1.165) is 22.4 Å². The fraction of sp³-hybridized carbons (Fsp3) is 0.263. The number of nitrogens with one attached hydrogen (secondary N) is 1. The second kappa shape index (κ2) is 6.24. The molecule has 0 aliphatic carbocycles. The summed E-state index contributed by atoms with van der Waals surface area (Å²) >= 11 is 0. The molecule has 1 N–H and O–H groups in total. The van der Waals surface area contributed by atoms with Crippen LogP contribution in [0.15, 0.2) is 42.5 Å². The van der Waals surface area contributed by atoms with E-state index in [4.69, 9.17) is 0 Å². The number of hydrogen-bond acceptors (Lipinski definition) is 2. The van der Waals surface area contributed by atoms with E-state index < -0.39 is 0 Å². The first-order valence-electron chi connectivity index (χ1n) is 7.78. The second-order valence-corrected chi connectivity index (χ2v) is 5.95. The Morgan fingerprint density at radius 1 is 1.13 bits per heavy atom. The number of aryl methyl sites for hydroxylation is 3. The standard InChI is InChI=1S/C19H21N3O/c1-13-8-9-15(10-14(13)2)11-19(23)20-12-18-21-16-6-4-5-7-17(16)22(18)3/h4-10H,11-12H2,1-3H3,(H,20,23). The molecule has 1 aromatic heterocycles. The number of amides is 1. The number of aromatic nitrogens is 2. The summed E-state index contributed by atoms with van der Waals surface area (Å²) in [5.41, 5.74) is 5.52. The van der Waals surface area contributed by atoms with Gasteiger partial charge in [-0.05, 0) is 42.7 Å². The fourth-order valence-electron chi connectivity index (χ4n) is 2.69. The first kappa shape index (κ1) is 15.3. The van der Waals surface area contributed by atoms with Crippen LogP contribution in [0.25, 0.3) is 11.0 Å². The van der Waals surface area contributed by atoms with E-state index in [1.807, 2.05) is 41.9 Å². The van der Waals surface area contributed by atoms with Crippen molar-refractivity contribution in [2.75, 3.05) is 0 Å². The maximum Gasteiger partial charge on any atom is 0.224 e. The van der Waals surface area contributed by atoms with Crippen LogP contribution in [-0.2, 0) is 24.8 Å². The molecule has 1 amide bonds. The number of carbonyl (C=O) groups excluding carboxylic acids is 1. The predicted octanol–water partition coefficient (Wildman–Crippen LogP) is 3.05. The highest BCUT2D eigenvalue weighted by Gasteiger charge is 2.09. The molecule has 0 aliphatic heterocycles. The SMILES string of the molecule is Cc1ccc(CC(=O)NCc2nc3ccccc3n2C)cc1C. The Bertz CT molecular complexity index is 864. The van der Waals surface area contributed by atoms with Crippen LogP contribution in [0.3, 0.4) is 0 Å². The van der Waals surface area contributed by atoms with Crippen LogP contribution in [0.5, 0.6) is 0 Å². The number of fused-ring (bicyclic) bond motifs is 1. The Hall–Kier alpha value is -2.62. The van der Waals surface area contributed by atoms with Crippen LogP contribution in [0.2, 0.25) is 0 Å². The normalized spacial score (nSPS) is 10.9. The van der Waals surface area contributed by atoms with Gasteiger partial charge in [0.25, 0.3) is 0 Å². The molecule has 0 aliphatic rings. The number of carbonyl (C=O) groups is 1. The van der Waals surface area contributed by atoms with E-state index >= 15 is 0 Å². The lowest BCUT2D eigenvalue weighted by Crippen LogP contribution is -2.26. The van der Waals surface area contributed by atoms with Crippen LogP contribution in [0, 0.1) is 13.8 Å². The van der Waals surface area contributed by atoms with E-state index in [-0.39, 0.29) is 5.91 Å². The van der Waals surface area contributed by atoms with Crippen molar-refractivity contribution in [3.8, 4) is 0 Å². The van der Waals surface area contributed by atoms with Crippen LogP contribution in [0.4, 0.5) is 0 Å². The Balaban J connectivity index is 1.66. The summed E-state index contributed by atoms with van der Waals surface area (Å²) in [5, 5.41) is 2.96. The van der Waals surface area contributed by atoms with Gasteiger partial charge in [0.15, 0.2) is 0 Å². The molecule has 23 heavy (non-hydrogen) atoms. The van der Waals surface area contributed by atoms with Gasteiger partial charge in [0, 0.05) is 7.05 Å². The molecular weight excluding hydrogens is 286 g/mol. The van der Waals surface area contributed by atoms with Gasteiger partial charge in [0.1, 0.15) is 5.82 Å². The molecule has 0 saturated heterocycles. The summed E-state index contributed by atoms with van der Waals surface area (Å²) in [5.74, 6) is 0.875. The minimum atomic E-state index is 0.0142. The topological polar surface area (TPSA) is 46.9 Å². The molecule has 0 atom stereocenters. The van der Waals surface area contributed by atoms with Crippen molar-refractivity contribution in [1.29, 1.82) is 0 Å². The van der Waals surface area contributed by atoms with E-state index in [1.54, 1.807) is 0 Å². The summed E-state index contributed by atoms with van der Waals surface area (Å²) in [6, 6.07) is 14.1. The molecule has 0 spiro atoms. The molecule has 0 saturated carbocycles. The van der Waals surface area contributed by atoms with Crippen LogP contribution < -0.4 is 5.32 Å². The predicted molar refractivity (Wildman–Crippen MR) is 92.2 cm³/mol. The van der Waals surface area contributed by atoms with Crippen LogP contribution in [-0.4, -0.2) is 15.5 Å². The van der Waals surface area contributed by atoms with Gasteiger partial charge in [-0.1, -0.05) is 30.3 Å². The van der Waals surface area contributed by atoms with Gasteiger partial charge < -0.3 is 9.88 Å². The van der Waals surface area contributed by atoms with Crippen molar-refractivity contribution in [3.63, 3.8) is 0 Å². The highest BCUT2D eigenvalue weighted by atomic mass is 16.1. The Kier molecular flexibility index (Phi) is 4.15. The van der Waals surface area contributed by atoms with Gasteiger partial charge in [0.2, 0.25) is 5.91 Å². The molecule has 4 nitrogen and oxygen atoms in total. The van der Waals surface area contributed by atoms with E-state index in [9.17, 15) is 4.79 Å². The van der Waals surface area contributed by atoms with E-state index in [1.165, 1.54) is 11.1 Å². The Morgan fingerprint density at radius 3 is 2.65 bits per heavy atom. The van der Waals surface area contributed by atoms with Gasteiger partial charge in [-0.3, -0.25) is 4.79 Å². The largest absolute Gasteiger partial charge is 0.349 e. The zero-order valence-electron chi connectivity index (χ0n) is 13.8. The third-order valence-electron chi connectivity index (χ3n) is 4.26. The van der Waals surface area contributed by atoms with Gasteiger partial charge in [-0.15, -0.1) is 0 Å². The zero-order valence-corrected chi connectivity index (χ0v) is 13.8.